The molecule has 0 spiro atoms. The van der Waals surface area contributed by atoms with E-state index in [1.807, 2.05) is 0 Å². The Bertz CT molecular complexity index is 2680. The number of anilines is 2. The van der Waals surface area contributed by atoms with Gasteiger partial charge >= 0.3 is 0 Å². The Kier molecular flexibility index (Phi) is 7.06. The maximum atomic E-state index is 2.48. The van der Waals surface area contributed by atoms with Gasteiger partial charge in [-0.3, -0.25) is 0 Å². The summed E-state index contributed by atoms with van der Waals surface area (Å²) in [7, 11) is 0. The summed E-state index contributed by atoms with van der Waals surface area (Å²) in [5, 5.41) is 5.17. The fourth-order valence-corrected chi connectivity index (χ4v) is 8.18. The van der Waals surface area contributed by atoms with E-state index < -0.39 is 0 Å². The lowest BCUT2D eigenvalue weighted by Crippen LogP contribution is -2.24. The van der Waals surface area contributed by atoms with Crippen molar-refractivity contribution >= 4 is 44.0 Å². The second kappa shape index (κ2) is 12.2. The molecule has 2 heterocycles. The molecule has 0 bridgehead atoms. The van der Waals surface area contributed by atoms with Gasteiger partial charge in [0.05, 0.1) is 11.0 Å². The molecule has 0 unspecified atom stereocenters. The maximum absolute atomic E-state index is 2.48. The molecule has 2 heteroatoms. The van der Waals surface area contributed by atoms with Crippen molar-refractivity contribution in [2.24, 2.45) is 0 Å². The zero-order chi connectivity index (χ0) is 33.7. The molecule has 10 rings (SSSR count). The summed E-state index contributed by atoms with van der Waals surface area (Å²) in [4.78, 5) is 2.48. The quantitative estimate of drug-likeness (QED) is 0.180. The zero-order valence-corrected chi connectivity index (χ0v) is 28.3. The first-order valence-electron chi connectivity index (χ1n) is 18.0. The van der Waals surface area contributed by atoms with E-state index in [1.54, 1.807) is 0 Å². The van der Waals surface area contributed by atoms with Crippen LogP contribution in [0.5, 0.6) is 0 Å². The monoisotopic (exact) mass is 652 g/mol. The molecule has 242 valence electrons. The van der Waals surface area contributed by atoms with E-state index >= 15 is 0 Å². The van der Waals surface area contributed by atoms with Crippen LogP contribution in [-0.4, -0.2) is 11.1 Å². The number of aromatic nitrogens is 1. The molecule has 8 aromatic carbocycles. The molecule has 0 N–H and O–H groups in total. The van der Waals surface area contributed by atoms with Gasteiger partial charge in [0.1, 0.15) is 0 Å². The van der Waals surface area contributed by atoms with Gasteiger partial charge in [0, 0.05) is 34.4 Å². The minimum Gasteiger partial charge on any atom is -0.341 e. The van der Waals surface area contributed by atoms with Crippen LogP contribution in [0.15, 0.2) is 182 Å². The predicted octanol–water partition coefficient (Wildman–Crippen LogP) is 13.0. The highest BCUT2D eigenvalue weighted by Crippen LogP contribution is 2.39. The number of nitrogens with zero attached hydrogens (tertiary/aromatic N) is 2. The lowest BCUT2D eigenvalue weighted by Gasteiger charge is -2.32. The van der Waals surface area contributed by atoms with Gasteiger partial charge < -0.3 is 9.47 Å². The smallest absolute Gasteiger partial charge is 0.0547 e. The SMILES string of the molecule is c1ccc(-c2ccc3c(c2)CCCN3c2ccc(-c3ccc(-c4ccc(-n5c6ccccc6c6c7ccccc7ccc65)cc4)cc3)cc2)cc1. The molecule has 9 aromatic rings. The molecule has 0 amide bonds. The van der Waals surface area contributed by atoms with Crippen LogP contribution in [0.25, 0.3) is 71.6 Å². The van der Waals surface area contributed by atoms with E-state index in [1.165, 1.54) is 88.6 Å². The molecule has 0 atom stereocenters. The first-order chi connectivity index (χ1) is 25.3. The van der Waals surface area contributed by atoms with Crippen molar-refractivity contribution in [3.8, 4) is 39.1 Å². The third kappa shape index (κ3) is 5.11. The topological polar surface area (TPSA) is 8.17 Å². The van der Waals surface area contributed by atoms with Crippen LogP contribution in [-0.2, 0) is 6.42 Å². The molecule has 2 nitrogen and oxygen atoms in total. The molecule has 51 heavy (non-hydrogen) atoms. The van der Waals surface area contributed by atoms with Gasteiger partial charge in [-0.2, -0.15) is 0 Å². The van der Waals surface area contributed by atoms with Crippen molar-refractivity contribution in [1.29, 1.82) is 0 Å². The van der Waals surface area contributed by atoms with Crippen LogP contribution in [0, 0.1) is 0 Å². The number of rotatable bonds is 5. The highest BCUT2D eigenvalue weighted by Gasteiger charge is 2.19. The molecule has 0 aliphatic carbocycles. The standard InChI is InChI=1S/C49H36N2/c1-2-9-34(10-3-1)40-25-30-46-41(33-40)12-8-32-50(46)42-26-20-37(21-27-42)35-16-18-36(19-17-35)38-22-28-43(29-23-38)51-47-15-7-6-14-45(47)49-44-13-5-4-11-39(44)24-31-48(49)51/h1-7,9-11,13-31,33H,8,12,32H2. The summed E-state index contributed by atoms with van der Waals surface area (Å²) < 4.78 is 2.40. The highest BCUT2D eigenvalue weighted by atomic mass is 15.1. The van der Waals surface area contributed by atoms with Crippen LogP contribution < -0.4 is 4.90 Å². The third-order valence-electron chi connectivity index (χ3n) is 10.7. The van der Waals surface area contributed by atoms with Crippen LogP contribution in [0.1, 0.15) is 12.0 Å². The molecule has 1 aliphatic rings. The summed E-state index contributed by atoms with van der Waals surface area (Å²) in [5.74, 6) is 0. The Balaban J connectivity index is 0.905. The lowest BCUT2D eigenvalue weighted by molar-refractivity contribution is 0.767. The number of hydrogen-bond acceptors (Lipinski definition) is 1. The van der Waals surface area contributed by atoms with Crippen LogP contribution in [0.4, 0.5) is 11.4 Å². The normalized spacial score (nSPS) is 12.8. The average Bonchev–Trinajstić information content (AvgIpc) is 3.56. The largest absolute Gasteiger partial charge is 0.341 e. The van der Waals surface area contributed by atoms with E-state index in [0.29, 0.717) is 0 Å². The van der Waals surface area contributed by atoms with E-state index in [9.17, 15) is 0 Å². The van der Waals surface area contributed by atoms with E-state index in [0.717, 1.165) is 19.4 Å². The minimum atomic E-state index is 1.04. The van der Waals surface area contributed by atoms with E-state index in [2.05, 4.69) is 191 Å². The van der Waals surface area contributed by atoms with Crippen LogP contribution >= 0.6 is 0 Å². The summed E-state index contributed by atoms with van der Waals surface area (Å²) in [6, 6.07) is 66.7. The Morgan fingerprint density at radius 2 is 0.961 bits per heavy atom. The van der Waals surface area contributed by atoms with Gasteiger partial charge in [-0.05, 0) is 111 Å². The summed E-state index contributed by atoms with van der Waals surface area (Å²) in [5.41, 5.74) is 15.1. The number of benzene rings is 8. The molecular weight excluding hydrogens is 617 g/mol. The number of aryl methyl sites for hydroxylation is 1. The van der Waals surface area contributed by atoms with E-state index in [-0.39, 0.29) is 0 Å². The maximum Gasteiger partial charge on any atom is 0.0547 e. The average molecular weight is 653 g/mol. The van der Waals surface area contributed by atoms with Crippen molar-refractivity contribution in [3.63, 3.8) is 0 Å². The Hall–Kier alpha value is -6.38. The Labute approximate surface area is 298 Å². The van der Waals surface area contributed by atoms with Gasteiger partial charge in [-0.15, -0.1) is 0 Å². The van der Waals surface area contributed by atoms with Gasteiger partial charge in [0.25, 0.3) is 0 Å². The summed E-state index contributed by atoms with van der Waals surface area (Å²) >= 11 is 0. The molecule has 0 radical (unpaired) electrons. The van der Waals surface area contributed by atoms with Gasteiger partial charge in [0.15, 0.2) is 0 Å². The molecule has 1 aromatic heterocycles. The Morgan fingerprint density at radius 3 is 1.69 bits per heavy atom. The van der Waals surface area contributed by atoms with E-state index in [4.69, 9.17) is 0 Å². The Morgan fingerprint density at radius 1 is 0.392 bits per heavy atom. The number of hydrogen-bond donors (Lipinski definition) is 0. The first-order valence-corrected chi connectivity index (χ1v) is 18.0. The zero-order valence-electron chi connectivity index (χ0n) is 28.3. The fourth-order valence-electron chi connectivity index (χ4n) is 8.18. The second-order valence-electron chi connectivity index (χ2n) is 13.7. The second-order valence-corrected chi connectivity index (χ2v) is 13.7. The van der Waals surface area contributed by atoms with Crippen molar-refractivity contribution in [3.05, 3.63) is 188 Å². The predicted molar refractivity (Wildman–Crippen MR) is 216 cm³/mol. The molecular formula is C49H36N2. The first kappa shape index (κ1) is 29.5. The third-order valence-corrected chi connectivity index (χ3v) is 10.7. The van der Waals surface area contributed by atoms with Gasteiger partial charge in [-0.1, -0.05) is 133 Å². The fraction of sp³-hybridized carbons (Fsp3) is 0.0612. The summed E-state index contributed by atoms with van der Waals surface area (Å²) in [6.45, 7) is 1.04. The highest BCUT2D eigenvalue weighted by molar-refractivity contribution is 6.21. The molecule has 1 aliphatic heterocycles. The summed E-state index contributed by atoms with van der Waals surface area (Å²) in [6.07, 6.45) is 2.28. The van der Waals surface area contributed by atoms with Crippen LogP contribution in [0.2, 0.25) is 0 Å². The molecule has 0 saturated heterocycles. The van der Waals surface area contributed by atoms with Gasteiger partial charge in [0.2, 0.25) is 0 Å². The number of para-hydroxylation sites is 1. The van der Waals surface area contributed by atoms with Gasteiger partial charge in [-0.25, -0.2) is 0 Å². The molecule has 0 fully saturated rings. The lowest BCUT2D eigenvalue weighted by atomic mass is 9.95. The van der Waals surface area contributed by atoms with Crippen LogP contribution in [0.3, 0.4) is 0 Å². The van der Waals surface area contributed by atoms with Crippen molar-refractivity contribution in [2.75, 3.05) is 11.4 Å². The number of fused-ring (bicyclic) bond motifs is 6. The van der Waals surface area contributed by atoms with Crippen molar-refractivity contribution in [2.45, 2.75) is 12.8 Å². The van der Waals surface area contributed by atoms with Crippen molar-refractivity contribution in [1.82, 2.24) is 4.57 Å². The van der Waals surface area contributed by atoms with Crippen molar-refractivity contribution < 1.29 is 0 Å². The minimum absolute atomic E-state index is 1.04. The molecule has 0 saturated carbocycles.